The third kappa shape index (κ3) is 5.45. The minimum atomic E-state index is -2.41. The Morgan fingerprint density at radius 2 is 2.20 bits per heavy atom. The number of hydrogen-bond acceptors (Lipinski definition) is 7. The van der Waals surface area contributed by atoms with Crippen molar-refractivity contribution in [2.24, 2.45) is 5.41 Å². The molecule has 1 unspecified atom stereocenters. The second-order valence-corrected chi connectivity index (χ2v) is 9.58. The molecule has 0 aliphatic heterocycles. The van der Waals surface area contributed by atoms with Gasteiger partial charge in [0.05, 0.1) is 26.2 Å². The molecule has 0 bridgehead atoms. The fraction of sp³-hybridized carbons (Fsp3) is 0.429. The lowest BCUT2D eigenvalue weighted by Gasteiger charge is -2.27. The third-order valence-electron chi connectivity index (χ3n) is 5.21. The van der Waals surface area contributed by atoms with Crippen LogP contribution in [0.5, 0.6) is 0 Å². The van der Waals surface area contributed by atoms with Gasteiger partial charge in [-0.2, -0.15) is 0 Å². The Hall–Kier alpha value is -2.27. The van der Waals surface area contributed by atoms with Gasteiger partial charge in [-0.05, 0) is 63.3 Å². The zero-order chi connectivity index (χ0) is 21.8. The molecule has 158 valence electrons. The Labute approximate surface area is 181 Å². The van der Waals surface area contributed by atoms with Gasteiger partial charge in [-0.25, -0.2) is 10.5 Å². The molecule has 1 aliphatic carbocycles. The van der Waals surface area contributed by atoms with E-state index in [1.165, 1.54) is 18.3 Å². The minimum absolute atomic E-state index is 0.0503. The molecule has 2 atom stereocenters. The first-order valence-corrected chi connectivity index (χ1v) is 11.5. The number of hydrogen-bond donors (Lipinski definition) is 3. The number of aromatic nitrogens is 1. The Kier molecular flexibility index (Phi) is 6.91. The Bertz CT molecular complexity index is 1100. The summed E-state index contributed by atoms with van der Waals surface area (Å²) in [5, 5.41) is 12.9. The van der Waals surface area contributed by atoms with Crippen molar-refractivity contribution < 1.29 is 18.8 Å². The van der Waals surface area contributed by atoms with Gasteiger partial charge in [0.2, 0.25) is 5.91 Å². The van der Waals surface area contributed by atoms with Crippen LogP contribution in [0.4, 0.5) is 0 Å². The average Bonchev–Trinajstić information content (AvgIpc) is 3.39. The molecule has 0 radical (unpaired) electrons. The van der Waals surface area contributed by atoms with Crippen molar-refractivity contribution in [1.29, 1.82) is 0 Å². The summed E-state index contributed by atoms with van der Waals surface area (Å²) in [5.41, 5.74) is 1.94. The monoisotopic (exact) mass is 444 g/mol. The Morgan fingerprint density at radius 3 is 2.83 bits per heavy atom. The van der Waals surface area contributed by atoms with E-state index in [1.54, 1.807) is 5.48 Å². The number of carbonyl (C=O) groups is 1. The molecule has 7 nitrogen and oxygen atoms in total. The first kappa shape index (κ1) is 22.4. The lowest BCUT2D eigenvalue weighted by atomic mass is 9.87. The predicted molar refractivity (Wildman–Crippen MR) is 115 cm³/mol. The van der Waals surface area contributed by atoms with Crippen LogP contribution in [-0.2, 0) is 22.3 Å². The normalized spacial score (nSPS) is 17.1. The van der Waals surface area contributed by atoms with E-state index in [0.29, 0.717) is 6.42 Å². The SMILES string of the molecule is CNC1(C#CC#Cc2ccc3nc(CC[C@@](C)(CS(=O)[O-])C(=O)NO)sc3c2)CC1. The van der Waals surface area contributed by atoms with Crippen LogP contribution < -0.4 is 10.8 Å². The number of amides is 1. The second kappa shape index (κ2) is 9.25. The summed E-state index contributed by atoms with van der Waals surface area (Å²) < 4.78 is 23.2. The van der Waals surface area contributed by atoms with E-state index in [1.807, 2.05) is 25.2 Å². The summed E-state index contributed by atoms with van der Waals surface area (Å²) in [4.78, 5) is 16.5. The lowest BCUT2D eigenvalue weighted by molar-refractivity contribution is -0.138. The number of aryl methyl sites for hydroxylation is 1. The summed E-state index contributed by atoms with van der Waals surface area (Å²) in [5.74, 6) is 10.9. The van der Waals surface area contributed by atoms with Crippen molar-refractivity contribution >= 4 is 38.5 Å². The van der Waals surface area contributed by atoms with Crippen LogP contribution in [0, 0.1) is 29.1 Å². The van der Waals surface area contributed by atoms with Crippen LogP contribution in [0.3, 0.4) is 0 Å². The smallest absolute Gasteiger partial charge is 0.250 e. The number of carbonyl (C=O) groups excluding carboxylic acids is 1. The molecular weight excluding hydrogens is 422 g/mol. The minimum Gasteiger partial charge on any atom is -0.772 e. The number of nitrogens with zero attached hydrogens (tertiary/aromatic N) is 1. The first-order chi connectivity index (χ1) is 14.3. The van der Waals surface area contributed by atoms with Crippen LogP contribution in [0.2, 0.25) is 0 Å². The van der Waals surface area contributed by atoms with Crippen molar-refractivity contribution in [3.63, 3.8) is 0 Å². The van der Waals surface area contributed by atoms with Gasteiger partial charge in [0, 0.05) is 17.7 Å². The molecule has 1 aliphatic rings. The molecule has 1 aromatic heterocycles. The first-order valence-electron chi connectivity index (χ1n) is 9.41. The number of fused-ring (bicyclic) bond motifs is 1. The van der Waals surface area contributed by atoms with Crippen molar-refractivity contribution in [2.75, 3.05) is 12.8 Å². The summed E-state index contributed by atoms with van der Waals surface area (Å²) in [6.07, 6.45) is 2.76. The summed E-state index contributed by atoms with van der Waals surface area (Å²) in [6, 6.07) is 5.72. The average molecular weight is 445 g/mol. The highest BCUT2D eigenvalue weighted by Crippen LogP contribution is 2.33. The van der Waals surface area contributed by atoms with E-state index in [2.05, 4.69) is 34.0 Å². The van der Waals surface area contributed by atoms with Crippen LogP contribution in [0.25, 0.3) is 10.2 Å². The van der Waals surface area contributed by atoms with E-state index in [9.17, 15) is 13.6 Å². The topological polar surface area (TPSA) is 114 Å². The van der Waals surface area contributed by atoms with Crippen LogP contribution >= 0.6 is 11.3 Å². The highest BCUT2D eigenvalue weighted by Gasteiger charge is 2.39. The zero-order valence-corrected chi connectivity index (χ0v) is 18.3. The lowest BCUT2D eigenvalue weighted by Crippen LogP contribution is -2.41. The standard InChI is InChI=1S/C21H23N3O4S2/c1-20(14-30(27)28,19(25)24-26)10-8-18-23-16-7-6-15(13-17(16)29-18)5-3-4-9-21(22-2)11-12-21/h6-7,13,22,26H,8,10-12,14H2,1-2H3,(H,24,25)(H,27,28)/p-1/t20-/m0/s1. The summed E-state index contributed by atoms with van der Waals surface area (Å²) in [7, 11) is 1.91. The van der Waals surface area contributed by atoms with Gasteiger partial charge in [-0.3, -0.25) is 14.2 Å². The molecule has 1 aromatic carbocycles. The number of nitrogens with one attached hydrogen (secondary N) is 2. The fourth-order valence-corrected chi connectivity index (χ4v) is 4.80. The molecule has 9 heteroatoms. The van der Waals surface area contributed by atoms with E-state index in [0.717, 1.165) is 33.6 Å². The predicted octanol–water partition coefficient (Wildman–Crippen LogP) is 1.73. The fourth-order valence-electron chi connectivity index (χ4n) is 3.00. The van der Waals surface area contributed by atoms with Gasteiger partial charge >= 0.3 is 0 Å². The van der Waals surface area contributed by atoms with E-state index in [4.69, 9.17) is 5.21 Å². The van der Waals surface area contributed by atoms with Crippen LogP contribution in [0.1, 0.15) is 36.8 Å². The molecule has 1 fully saturated rings. The number of benzene rings is 1. The van der Waals surface area contributed by atoms with Crippen LogP contribution in [-0.4, -0.2) is 43.2 Å². The van der Waals surface area contributed by atoms with Crippen molar-refractivity contribution in [3.8, 4) is 23.7 Å². The molecule has 3 rings (SSSR count). The Morgan fingerprint density at radius 1 is 1.43 bits per heavy atom. The quantitative estimate of drug-likeness (QED) is 0.259. The zero-order valence-electron chi connectivity index (χ0n) is 16.7. The molecule has 2 aromatic rings. The number of rotatable bonds is 7. The third-order valence-corrected chi connectivity index (χ3v) is 7.16. The van der Waals surface area contributed by atoms with Gasteiger partial charge in [0.15, 0.2) is 0 Å². The molecule has 1 amide bonds. The number of hydroxylamine groups is 1. The number of thiazole rings is 1. The maximum atomic E-state index is 11.9. The highest BCUT2D eigenvalue weighted by molar-refractivity contribution is 7.79. The summed E-state index contributed by atoms with van der Waals surface area (Å²) >= 11 is -0.935. The van der Waals surface area contributed by atoms with Crippen LogP contribution in [0.15, 0.2) is 18.2 Å². The maximum Gasteiger partial charge on any atom is 0.250 e. The van der Waals surface area contributed by atoms with Gasteiger partial charge in [0.1, 0.15) is 0 Å². The molecular formula is C21H22N3O4S2-. The molecule has 0 spiro atoms. The van der Waals surface area contributed by atoms with Gasteiger partial charge in [-0.15, -0.1) is 11.3 Å². The van der Waals surface area contributed by atoms with E-state index in [-0.39, 0.29) is 17.7 Å². The molecule has 1 saturated carbocycles. The van der Waals surface area contributed by atoms with Gasteiger partial charge in [-0.1, -0.05) is 22.9 Å². The molecule has 1 heterocycles. The molecule has 0 saturated heterocycles. The molecule has 30 heavy (non-hydrogen) atoms. The van der Waals surface area contributed by atoms with Crippen molar-refractivity contribution in [1.82, 2.24) is 15.8 Å². The Balaban J connectivity index is 1.71. The van der Waals surface area contributed by atoms with E-state index >= 15 is 0 Å². The largest absolute Gasteiger partial charge is 0.772 e. The van der Waals surface area contributed by atoms with E-state index < -0.39 is 22.4 Å². The second-order valence-electron chi connectivity index (χ2n) is 7.57. The van der Waals surface area contributed by atoms with Crippen molar-refractivity contribution in [2.45, 2.75) is 38.1 Å². The highest BCUT2D eigenvalue weighted by atomic mass is 32.2. The van der Waals surface area contributed by atoms with Gasteiger partial charge in [0.25, 0.3) is 0 Å². The molecule has 3 N–H and O–H groups in total. The maximum absolute atomic E-state index is 11.9. The van der Waals surface area contributed by atoms with Gasteiger partial charge < -0.3 is 9.87 Å². The van der Waals surface area contributed by atoms with Crippen molar-refractivity contribution in [3.05, 3.63) is 28.8 Å². The summed E-state index contributed by atoms with van der Waals surface area (Å²) in [6.45, 7) is 1.51.